The summed E-state index contributed by atoms with van der Waals surface area (Å²) in [7, 11) is 0. The fraction of sp³-hybridized carbons (Fsp3) is 0.909. The summed E-state index contributed by atoms with van der Waals surface area (Å²) in [6, 6.07) is 0. The number of aliphatic imine (C=N–C) groups is 1. The standard InChI is InChI=1S/C11H22F3N3/c1-9(2)5-8-17-10(15)16-7-4-3-6-11(12,13)14/h9H,3-8H2,1-2H3,(H3,15,16,17). The predicted octanol–water partition coefficient (Wildman–Crippen LogP) is 2.67. The third-order valence-electron chi connectivity index (χ3n) is 2.18. The molecule has 0 aliphatic heterocycles. The zero-order chi connectivity index (χ0) is 13.3. The highest BCUT2D eigenvalue weighted by molar-refractivity contribution is 5.77. The van der Waals surface area contributed by atoms with Crippen molar-refractivity contribution in [2.75, 3.05) is 13.1 Å². The number of hydrogen-bond donors (Lipinski definition) is 2. The molecule has 0 spiro atoms. The highest BCUT2D eigenvalue weighted by atomic mass is 19.4. The summed E-state index contributed by atoms with van der Waals surface area (Å²) in [6.45, 7) is 5.30. The van der Waals surface area contributed by atoms with Gasteiger partial charge < -0.3 is 11.1 Å². The van der Waals surface area contributed by atoms with Gasteiger partial charge in [-0.3, -0.25) is 4.99 Å². The number of nitrogens with one attached hydrogen (secondary N) is 1. The summed E-state index contributed by atoms with van der Waals surface area (Å²) < 4.78 is 35.4. The topological polar surface area (TPSA) is 50.4 Å². The van der Waals surface area contributed by atoms with Crippen molar-refractivity contribution in [1.82, 2.24) is 5.32 Å². The molecule has 0 unspecified atom stereocenters. The predicted molar refractivity (Wildman–Crippen MR) is 63.9 cm³/mol. The van der Waals surface area contributed by atoms with Gasteiger partial charge in [-0.05, 0) is 25.2 Å². The van der Waals surface area contributed by atoms with Gasteiger partial charge >= 0.3 is 6.18 Å². The van der Waals surface area contributed by atoms with Crippen LogP contribution in [0.4, 0.5) is 13.2 Å². The molecule has 0 aliphatic carbocycles. The second-order valence-electron chi connectivity index (χ2n) is 4.45. The van der Waals surface area contributed by atoms with E-state index in [9.17, 15) is 13.2 Å². The van der Waals surface area contributed by atoms with Crippen LogP contribution >= 0.6 is 0 Å². The van der Waals surface area contributed by atoms with E-state index >= 15 is 0 Å². The molecule has 3 nitrogen and oxygen atoms in total. The maximum atomic E-state index is 11.8. The van der Waals surface area contributed by atoms with E-state index in [1.54, 1.807) is 0 Å². The molecule has 0 aromatic carbocycles. The summed E-state index contributed by atoms with van der Waals surface area (Å²) in [5.74, 6) is 0.903. The van der Waals surface area contributed by atoms with Gasteiger partial charge in [-0.2, -0.15) is 13.2 Å². The molecule has 0 bridgehead atoms. The summed E-state index contributed by atoms with van der Waals surface area (Å²) in [4.78, 5) is 3.96. The zero-order valence-electron chi connectivity index (χ0n) is 10.5. The van der Waals surface area contributed by atoms with Crippen molar-refractivity contribution < 1.29 is 13.2 Å². The maximum absolute atomic E-state index is 11.8. The van der Waals surface area contributed by atoms with Crippen molar-refractivity contribution in [3.05, 3.63) is 0 Å². The molecule has 0 saturated carbocycles. The Balaban J connectivity index is 3.50. The molecule has 3 N–H and O–H groups in total. The minimum absolute atomic E-state index is 0.103. The molecule has 0 aromatic heterocycles. The average Bonchev–Trinajstić information content (AvgIpc) is 2.14. The van der Waals surface area contributed by atoms with E-state index in [1.807, 2.05) is 0 Å². The Bertz CT molecular complexity index is 224. The number of guanidine groups is 1. The molecule has 0 atom stereocenters. The van der Waals surface area contributed by atoms with Crippen LogP contribution < -0.4 is 11.1 Å². The fourth-order valence-corrected chi connectivity index (χ4v) is 1.18. The number of nitrogens with two attached hydrogens (primary N) is 1. The molecular weight excluding hydrogens is 231 g/mol. The van der Waals surface area contributed by atoms with Crippen LogP contribution in [0.5, 0.6) is 0 Å². The smallest absolute Gasteiger partial charge is 0.370 e. The first-order valence-electron chi connectivity index (χ1n) is 5.92. The molecule has 0 aromatic rings. The molecule has 0 rings (SSSR count). The van der Waals surface area contributed by atoms with Crippen molar-refractivity contribution in [2.24, 2.45) is 16.6 Å². The van der Waals surface area contributed by atoms with Gasteiger partial charge in [-0.15, -0.1) is 0 Å². The average molecular weight is 253 g/mol. The van der Waals surface area contributed by atoms with Crippen LogP contribution in [0.25, 0.3) is 0 Å². The Labute approximate surface area is 101 Å². The summed E-state index contributed by atoms with van der Waals surface area (Å²) in [5, 5.41) is 2.93. The van der Waals surface area contributed by atoms with E-state index in [-0.39, 0.29) is 6.42 Å². The quantitative estimate of drug-likeness (QED) is 0.416. The molecule has 0 aliphatic rings. The maximum Gasteiger partial charge on any atom is 0.389 e. The number of nitrogens with zero attached hydrogens (tertiary/aromatic N) is 1. The van der Waals surface area contributed by atoms with Gasteiger partial charge in [0, 0.05) is 19.5 Å². The molecule has 0 saturated heterocycles. The molecule has 0 heterocycles. The van der Waals surface area contributed by atoms with Gasteiger partial charge in [0.25, 0.3) is 0 Å². The van der Waals surface area contributed by atoms with E-state index in [1.165, 1.54) is 0 Å². The van der Waals surface area contributed by atoms with E-state index in [0.29, 0.717) is 24.8 Å². The van der Waals surface area contributed by atoms with Crippen LogP contribution in [0.3, 0.4) is 0 Å². The minimum atomic E-state index is -4.06. The Morgan fingerprint density at radius 1 is 1.29 bits per heavy atom. The minimum Gasteiger partial charge on any atom is -0.370 e. The summed E-state index contributed by atoms with van der Waals surface area (Å²) in [5.41, 5.74) is 5.54. The zero-order valence-corrected chi connectivity index (χ0v) is 10.5. The first-order chi connectivity index (χ1) is 7.81. The SMILES string of the molecule is CC(C)CCNC(N)=NCCCCC(F)(F)F. The fourth-order valence-electron chi connectivity index (χ4n) is 1.18. The Morgan fingerprint density at radius 3 is 2.47 bits per heavy atom. The van der Waals surface area contributed by atoms with E-state index in [0.717, 1.165) is 13.0 Å². The second kappa shape index (κ2) is 8.20. The highest BCUT2D eigenvalue weighted by Crippen LogP contribution is 2.21. The van der Waals surface area contributed by atoms with Gasteiger partial charge in [-0.25, -0.2) is 0 Å². The third-order valence-corrected chi connectivity index (χ3v) is 2.18. The van der Waals surface area contributed by atoms with Crippen molar-refractivity contribution in [1.29, 1.82) is 0 Å². The molecule has 0 amide bonds. The largest absolute Gasteiger partial charge is 0.389 e. The first kappa shape index (κ1) is 16.1. The van der Waals surface area contributed by atoms with Crippen molar-refractivity contribution in [3.8, 4) is 0 Å². The lowest BCUT2D eigenvalue weighted by molar-refractivity contribution is -0.135. The number of halogens is 3. The number of unbranched alkanes of at least 4 members (excludes halogenated alkanes) is 1. The molecule has 102 valence electrons. The van der Waals surface area contributed by atoms with Crippen molar-refractivity contribution >= 4 is 5.96 Å². The van der Waals surface area contributed by atoms with Crippen LogP contribution in [0.15, 0.2) is 4.99 Å². The van der Waals surface area contributed by atoms with Crippen LogP contribution in [0.2, 0.25) is 0 Å². The van der Waals surface area contributed by atoms with Crippen LogP contribution in [-0.4, -0.2) is 25.2 Å². The van der Waals surface area contributed by atoms with Gasteiger partial charge in [0.05, 0.1) is 0 Å². The number of alkyl halides is 3. The van der Waals surface area contributed by atoms with E-state index in [2.05, 4.69) is 24.2 Å². The lowest BCUT2D eigenvalue weighted by Crippen LogP contribution is -2.33. The molecular formula is C11H22F3N3. The van der Waals surface area contributed by atoms with Gasteiger partial charge in [0.15, 0.2) is 5.96 Å². The van der Waals surface area contributed by atoms with Crippen molar-refractivity contribution in [2.45, 2.75) is 45.7 Å². The van der Waals surface area contributed by atoms with Gasteiger partial charge in [0.1, 0.15) is 0 Å². The number of hydrogen-bond acceptors (Lipinski definition) is 1. The van der Waals surface area contributed by atoms with Crippen molar-refractivity contribution in [3.63, 3.8) is 0 Å². The van der Waals surface area contributed by atoms with E-state index in [4.69, 9.17) is 5.73 Å². The van der Waals surface area contributed by atoms with Crippen LogP contribution in [-0.2, 0) is 0 Å². The second-order valence-corrected chi connectivity index (χ2v) is 4.45. The molecule has 17 heavy (non-hydrogen) atoms. The third kappa shape index (κ3) is 13.0. The van der Waals surface area contributed by atoms with Gasteiger partial charge in [-0.1, -0.05) is 13.8 Å². The monoisotopic (exact) mass is 253 g/mol. The Hall–Kier alpha value is -0.940. The lowest BCUT2D eigenvalue weighted by Gasteiger charge is -2.07. The summed E-state index contributed by atoms with van der Waals surface area (Å²) >= 11 is 0. The Morgan fingerprint density at radius 2 is 1.94 bits per heavy atom. The van der Waals surface area contributed by atoms with Gasteiger partial charge in [0.2, 0.25) is 0 Å². The molecule has 0 radical (unpaired) electrons. The first-order valence-corrected chi connectivity index (χ1v) is 5.92. The van der Waals surface area contributed by atoms with E-state index < -0.39 is 12.6 Å². The summed E-state index contributed by atoms with van der Waals surface area (Å²) in [6.07, 6.45) is -3.31. The number of rotatable bonds is 7. The lowest BCUT2D eigenvalue weighted by atomic mass is 10.1. The molecule has 0 fully saturated rings. The highest BCUT2D eigenvalue weighted by Gasteiger charge is 2.25. The normalized spacial score (nSPS) is 13.2. The Kier molecular flexibility index (Phi) is 7.74. The molecule has 6 heteroatoms. The van der Waals surface area contributed by atoms with Crippen LogP contribution in [0.1, 0.15) is 39.5 Å². The van der Waals surface area contributed by atoms with Crippen LogP contribution in [0, 0.1) is 5.92 Å².